The molecule has 2 rings (SSSR count). The van der Waals surface area contributed by atoms with E-state index in [2.05, 4.69) is 26.3 Å². The van der Waals surface area contributed by atoms with Gasteiger partial charge in [-0.3, -0.25) is 14.8 Å². The third-order valence-corrected chi connectivity index (χ3v) is 3.38. The van der Waals surface area contributed by atoms with Crippen LogP contribution in [0.5, 0.6) is 0 Å². The van der Waals surface area contributed by atoms with Gasteiger partial charge < -0.3 is 10.4 Å². The molecule has 2 N–H and O–H groups in total. The summed E-state index contributed by atoms with van der Waals surface area (Å²) in [7, 11) is 0. The molecule has 0 aliphatic heterocycles. The first-order valence-corrected chi connectivity index (χ1v) is 7.14. The summed E-state index contributed by atoms with van der Waals surface area (Å²) in [5.74, 6) is 0. The van der Waals surface area contributed by atoms with Gasteiger partial charge in [0.1, 0.15) is 12.4 Å². The number of rotatable bonds is 7. The van der Waals surface area contributed by atoms with Crippen LogP contribution in [0.4, 0.5) is 5.69 Å². The Balaban J connectivity index is 1.75. The van der Waals surface area contributed by atoms with Gasteiger partial charge in [0, 0.05) is 17.6 Å². The van der Waals surface area contributed by atoms with Gasteiger partial charge in [-0.15, -0.1) is 0 Å². The van der Waals surface area contributed by atoms with Gasteiger partial charge >= 0.3 is 5.69 Å². The largest absolute Gasteiger partial charge is 0.390 e. The lowest BCUT2D eigenvalue weighted by molar-refractivity contribution is -0.385. The maximum atomic E-state index is 10.5. The second kappa shape index (κ2) is 7.30. The van der Waals surface area contributed by atoms with E-state index in [-0.39, 0.29) is 12.2 Å². The summed E-state index contributed by atoms with van der Waals surface area (Å²) in [5.41, 5.74) is 1.03. The number of halogens is 1. The van der Waals surface area contributed by atoms with Crippen LogP contribution < -0.4 is 5.32 Å². The molecule has 1 aromatic heterocycles. The van der Waals surface area contributed by atoms with E-state index in [1.807, 2.05) is 24.3 Å². The number of aliphatic hydroxyl groups is 1. The van der Waals surface area contributed by atoms with Gasteiger partial charge in [0.15, 0.2) is 0 Å². The van der Waals surface area contributed by atoms with Gasteiger partial charge in [-0.25, -0.2) is 0 Å². The van der Waals surface area contributed by atoms with Crippen LogP contribution in [0.25, 0.3) is 0 Å². The molecule has 1 atom stereocenters. The van der Waals surface area contributed by atoms with Crippen LogP contribution in [0.3, 0.4) is 0 Å². The highest BCUT2D eigenvalue weighted by Gasteiger charge is 2.11. The minimum absolute atomic E-state index is 0.0787. The van der Waals surface area contributed by atoms with Crippen LogP contribution in [0.1, 0.15) is 5.56 Å². The molecule has 21 heavy (non-hydrogen) atoms. The molecule has 8 heteroatoms. The van der Waals surface area contributed by atoms with Crippen molar-refractivity contribution in [2.45, 2.75) is 19.2 Å². The first kappa shape index (κ1) is 15.6. The Morgan fingerprint density at radius 1 is 1.43 bits per heavy atom. The lowest BCUT2D eigenvalue weighted by Gasteiger charge is -2.11. The molecule has 0 aliphatic carbocycles. The van der Waals surface area contributed by atoms with E-state index in [1.165, 1.54) is 17.1 Å². The molecular weight excluding hydrogens is 340 g/mol. The normalized spacial score (nSPS) is 12.3. The van der Waals surface area contributed by atoms with E-state index in [0.29, 0.717) is 13.1 Å². The lowest BCUT2D eigenvalue weighted by Crippen LogP contribution is -2.30. The Labute approximate surface area is 129 Å². The highest BCUT2D eigenvalue weighted by Crippen LogP contribution is 2.10. The minimum Gasteiger partial charge on any atom is -0.390 e. The molecule has 7 nitrogen and oxygen atoms in total. The topological polar surface area (TPSA) is 93.2 Å². The van der Waals surface area contributed by atoms with Crippen LogP contribution in [-0.4, -0.2) is 32.5 Å². The van der Waals surface area contributed by atoms with Gasteiger partial charge in [0.2, 0.25) is 0 Å². The van der Waals surface area contributed by atoms with Crippen molar-refractivity contribution in [2.75, 3.05) is 6.54 Å². The van der Waals surface area contributed by atoms with Crippen molar-refractivity contribution >= 4 is 21.6 Å². The van der Waals surface area contributed by atoms with Gasteiger partial charge in [-0.2, -0.15) is 5.10 Å². The first-order chi connectivity index (χ1) is 10.0. The molecule has 0 saturated heterocycles. The molecule has 1 heterocycles. The smallest absolute Gasteiger partial charge is 0.306 e. The summed E-state index contributed by atoms with van der Waals surface area (Å²) >= 11 is 3.37. The zero-order valence-corrected chi connectivity index (χ0v) is 12.7. The summed E-state index contributed by atoms with van der Waals surface area (Å²) in [4.78, 5) is 10.0. The quantitative estimate of drug-likeness (QED) is 0.583. The van der Waals surface area contributed by atoms with Crippen molar-refractivity contribution in [2.24, 2.45) is 0 Å². The first-order valence-electron chi connectivity index (χ1n) is 6.34. The summed E-state index contributed by atoms with van der Waals surface area (Å²) in [5, 5.41) is 27.4. The van der Waals surface area contributed by atoms with Crippen LogP contribution in [0, 0.1) is 10.1 Å². The second-order valence-corrected chi connectivity index (χ2v) is 5.50. The molecule has 0 aliphatic rings. The van der Waals surface area contributed by atoms with Crippen molar-refractivity contribution < 1.29 is 10.0 Å². The number of benzene rings is 1. The number of aromatic nitrogens is 2. The highest BCUT2D eigenvalue weighted by molar-refractivity contribution is 9.10. The fourth-order valence-corrected chi connectivity index (χ4v) is 2.08. The zero-order valence-electron chi connectivity index (χ0n) is 11.1. The molecule has 1 aromatic carbocycles. The van der Waals surface area contributed by atoms with E-state index in [9.17, 15) is 15.2 Å². The predicted octanol–water partition coefficient (Wildman–Crippen LogP) is 1.70. The van der Waals surface area contributed by atoms with Gasteiger partial charge in [-0.1, -0.05) is 28.1 Å². The van der Waals surface area contributed by atoms with Gasteiger partial charge in [0.25, 0.3) is 0 Å². The van der Waals surface area contributed by atoms with E-state index < -0.39 is 11.0 Å². The molecule has 0 saturated carbocycles. The fourth-order valence-electron chi connectivity index (χ4n) is 1.81. The van der Waals surface area contributed by atoms with Gasteiger partial charge in [0.05, 0.1) is 17.6 Å². The maximum Gasteiger partial charge on any atom is 0.306 e. The molecule has 1 unspecified atom stereocenters. The number of aliphatic hydroxyl groups excluding tert-OH is 1. The molecule has 0 radical (unpaired) electrons. The van der Waals surface area contributed by atoms with E-state index in [0.717, 1.165) is 10.0 Å². The second-order valence-electron chi connectivity index (χ2n) is 4.59. The van der Waals surface area contributed by atoms with E-state index >= 15 is 0 Å². The van der Waals surface area contributed by atoms with Crippen LogP contribution in [0.15, 0.2) is 41.1 Å². The van der Waals surface area contributed by atoms with Gasteiger partial charge in [-0.05, 0) is 17.7 Å². The number of hydrogen-bond donors (Lipinski definition) is 2. The molecule has 0 bridgehead atoms. The standard InChI is InChI=1S/C13H15BrN4O3/c14-11-3-1-10(2-4-11)5-15-7-13(19)9-17-8-12(6-16-17)18(20)21/h1-4,6,8,13,15,19H,5,7,9H2. The average molecular weight is 355 g/mol. The molecule has 0 fully saturated rings. The Bertz CT molecular complexity index is 600. The number of nitrogens with zero attached hydrogens (tertiary/aromatic N) is 3. The molecule has 0 spiro atoms. The van der Waals surface area contributed by atoms with Crippen molar-refractivity contribution in [3.05, 3.63) is 56.8 Å². The Morgan fingerprint density at radius 3 is 2.76 bits per heavy atom. The van der Waals surface area contributed by atoms with Crippen molar-refractivity contribution in [3.8, 4) is 0 Å². The zero-order chi connectivity index (χ0) is 15.2. The summed E-state index contributed by atoms with van der Waals surface area (Å²) in [6.45, 7) is 1.23. The van der Waals surface area contributed by atoms with Crippen molar-refractivity contribution in [1.82, 2.24) is 15.1 Å². The fraction of sp³-hybridized carbons (Fsp3) is 0.308. The maximum absolute atomic E-state index is 10.5. The molecule has 112 valence electrons. The van der Waals surface area contributed by atoms with Crippen LogP contribution in [0.2, 0.25) is 0 Å². The third-order valence-electron chi connectivity index (χ3n) is 2.85. The monoisotopic (exact) mass is 354 g/mol. The number of nitro groups is 1. The Morgan fingerprint density at radius 2 is 2.14 bits per heavy atom. The molecular formula is C13H15BrN4O3. The number of hydrogen-bond acceptors (Lipinski definition) is 5. The Hall–Kier alpha value is -1.77. The minimum atomic E-state index is -0.667. The summed E-state index contributed by atoms with van der Waals surface area (Å²) in [6.07, 6.45) is 1.81. The van der Waals surface area contributed by atoms with Crippen molar-refractivity contribution in [3.63, 3.8) is 0 Å². The van der Waals surface area contributed by atoms with Crippen LogP contribution >= 0.6 is 15.9 Å². The van der Waals surface area contributed by atoms with Crippen molar-refractivity contribution in [1.29, 1.82) is 0 Å². The summed E-state index contributed by atoms with van der Waals surface area (Å²) < 4.78 is 2.39. The highest BCUT2D eigenvalue weighted by atomic mass is 79.9. The summed E-state index contributed by atoms with van der Waals surface area (Å²) in [6, 6.07) is 7.88. The van der Waals surface area contributed by atoms with Crippen LogP contribution in [-0.2, 0) is 13.1 Å². The molecule has 0 amide bonds. The number of nitrogens with one attached hydrogen (secondary N) is 1. The molecule has 2 aromatic rings. The lowest BCUT2D eigenvalue weighted by atomic mass is 10.2. The SMILES string of the molecule is O=[N+]([O-])c1cnn(CC(O)CNCc2ccc(Br)cc2)c1. The Kier molecular flexibility index (Phi) is 5.43. The van der Waals surface area contributed by atoms with E-state index in [4.69, 9.17) is 0 Å². The predicted molar refractivity (Wildman–Crippen MR) is 80.7 cm³/mol. The average Bonchev–Trinajstić information content (AvgIpc) is 2.90. The third kappa shape index (κ3) is 4.92. The van der Waals surface area contributed by atoms with E-state index in [1.54, 1.807) is 0 Å².